The van der Waals surface area contributed by atoms with Crippen molar-refractivity contribution < 1.29 is 0 Å². The van der Waals surface area contributed by atoms with Gasteiger partial charge in [-0.05, 0) is 26.7 Å². The molecule has 2 atom stereocenters. The maximum absolute atomic E-state index is 6.16. The second-order valence-corrected chi connectivity index (χ2v) is 4.84. The number of hydrogen-bond donors (Lipinski definition) is 0. The second-order valence-electron chi connectivity index (χ2n) is 4.22. The van der Waals surface area contributed by atoms with Crippen molar-refractivity contribution in [2.75, 3.05) is 13.6 Å². The molecule has 0 saturated heterocycles. The molecule has 0 aromatic rings. The molecular formula is C12H23ClN2. The van der Waals surface area contributed by atoms with Crippen molar-refractivity contribution in [3.8, 4) is 0 Å². The Morgan fingerprint density at radius 3 is 2.67 bits per heavy atom. The molecule has 15 heavy (non-hydrogen) atoms. The van der Waals surface area contributed by atoms with Gasteiger partial charge >= 0.3 is 0 Å². The summed E-state index contributed by atoms with van der Waals surface area (Å²) in [5, 5.41) is 0.121. The summed E-state index contributed by atoms with van der Waals surface area (Å²) in [6.07, 6.45) is 3.81. The third kappa shape index (κ3) is 8.49. The predicted octanol–water partition coefficient (Wildman–Crippen LogP) is 3.32. The van der Waals surface area contributed by atoms with E-state index in [2.05, 4.69) is 25.4 Å². The van der Waals surface area contributed by atoms with Crippen LogP contribution in [0.5, 0.6) is 0 Å². The van der Waals surface area contributed by atoms with Crippen LogP contribution < -0.4 is 0 Å². The Morgan fingerprint density at radius 2 is 2.20 bits per heavy atom. The minimum Gasteiger partial charge on any atom is -0.365 e. The monoisotopic (exact) mass is 230 g/mol. The van der Waals surface area contributed by atoms with E-state index in [0.717, 1.165) is 25.0 Å². The van der Waals surface area contributed by atoms with Crippen LogP contribution in [-0.4, -0.2) is 36.2 Å². The molecule has 0 N–H and O–H groups in total. The van der Waals surface area contributed by atoms with Crippen LogP contribution in [0, 0.1) is 0 Å². The van der Waals surface area contributed by atoms with Gasteiger partial charge in [0.15, 0.2) is 0 Å². The molecule has 0 heterocycles. The molecule has 2 nitrogen and oxygen atoms in total. The summed E-state index contributed by atoms with van der Waals surface area (Å²) in [5.41, 5.74) is 1.13. The number of nitrogens with zero attached hydrogens (tertiary/aromatic N) is 2. The summed E-state index contributed by atoms with van der Waals surface area (Å²) in [4.78, 5) is 6.43. The van der Waals surface area contributed by atoms with E-state index in [1.807, 2.05) is 25.2 Å². The summed E-state index contributed by atoms with van der Waals surface area (Å²) >= 11 is 6.16. The van der Waals surface area contributed by atoms with E-state index in [1.54, 1.807) is 0 Å². The van der Waals surface area contributed by atoms with Gasteiger partial charge in [-0.3, -0.25) is 4.99 Å². The van der Waals surface area contributed by atoms with Crippen molar-refractivity contribution >= 4 is 17.9 Å². The van der Waals surface area contributed by atoms with Crippen LogP contribution in [0.25, 0.3) is 0 Å². The molecule has 0 fully saturated rings. The highest BCUT2D eigenvalue weighted by Gasteiger charge is 2.06. The molecule has 0 aliphatic carbocycles. The quantitative estimate of drug-likeness (QED) is 0.284. The van der Waals surface area contributed by atoms with E-state index in [4.69, 9.17) is 11.6 Å². The Bertz CT molecular complexity index is 214. The highest BCUT2D eigenvalue weighted by Crippen LogP contribution is 2.09. The molecule has 0 aromatic heterocycles. The number of halogens is 1. The summed E-state index contributed by atoms with van der Waals surface area (Å²) in [7, 11) is 2.00. The van der Waals surface area contributed by atoms with E-state index in [9.17, 15) is 0 Å². The maximum Gasteiger partial charge on any atom is 0.0851 e. The molecule has 0 bridgehead atoms. The topological polar surface area (TPSA) is 15.6 Å². The first-order valence-electron chi connectivity index (χ1n) is 5.47. The molecule has 0 radical (unpaired) electrons. The molecule has 0 rings (SSSR count). The van der Waals surface area contributed by atoms with Crippen molar-refractivity contribution in [3.05, 3.63) is 12.2 Å². The molecule has 2 unspecified atom stereocenters. The van der Waals surface area contributed by atoms with E-state index in [-0.39, 0.29) is 5.38 Å². The zero-order chi connectivity index (χ0) is 11.8. The van der Waals surface area contributed by atoms with Gasteiger partial charge in [0.1, 0.15) is 0 Å². The highest BCUT2D eigenvalue weighted by atomic mass is 35.5. The van der Waals surface area contributed by atoms with Gasteiger partial charge in [-0.1, -0.05) is 12.5 Å². The maximum atomic E-state index is 6.16. The first-order chi connectivity index (χ1) is 6.95. The third-order valence-electron chi connectivity index (χ3n) is 2.17. The van der Waals surface area contributed by atoms with Gasteiger partial charge < -0.3 is 4.90 Å². The van der Waals surface area contributed by atoms with Crippen LogP contribution in [0.4, 0.5) is 0 Å². The van der Waals surface area contributed by atoms with Crippen molar-refractivity contribution in [2.24, 2.45) is 4.99 Å². The van der Waals surface area contributed by atoms with Crippen LogP contribution in [-0.2, 0) is 0 Å². The van der Waals surface area contributed by atoms with Crippen molar-refractivity contribution in [1.82, 2.24) is 4.90 Å². The van der Waals surface area contributed by atoms with Crippen LogP contribution >= 0.6 is 11.6 Å². The fourth-order valence-electron chi connectivity index (χ4n) is 1.14. The minimum atomic E-state index is 0.121. The number of hydrogen-bond acceptors (Lipinski definition) is 1. The first kappa shape index (κ1) is 14.5. The summed E-state index contributed by atoms with van der Waals surface area (Å²) in [6.45, 7) is 10.9. The van der Waals surface area contributed by atoms with E-state index in [1.165, 1.54) is 0 Å². The minimum absolute atomic E-state index is 0.121. The first-order valence-corrected chi connectivity index (χ1v) is 5.91. The van der Waals surface area contributed by atoms with Gasteiger partial charge in [-0.25, -0.2) is 0 Å². The average Bonchev–Trinajstić information content (AvgIpc) is 2.12. The molecular weight excluding hydrogens is 208 g/mol. The van der Waals surface area contributed by atoms with Crippen molar-refractivity contribution in [1.29, 1.82) is 0 Å². The number of alkyl halides is 1. The standard InChI is InChI=1S/C12H23ClN2/c1-6-11(4)14-9-15(5)8-12(13)7-10(2)3/h9,11-12H,2,6-8H2,1,3-5H3. The number of allylic oxidation sites excluding steroid dienone is 1. The van der Waals surface area contributed by atoms with Crippen LogP contribution in [0.2, 0.25) is 0 Å². The van der Waals surface area contributed by atoms with Gasteiger partial charge in [0, 0.05) is 19.6 Å². The van der Waals surface area contributed by atoms with Gasteiger partial charge in [0.25, 0.3) is 0 Å². The fraction of sp³-hybridized carbons (Fsp3) is 0.750. The van der Waals surface area contributed by atoms with Gasteiger partial charge in [0.2, 0.25) is 0 Å². The molecule has 0 amide bonds. The van der Waals surface area contributed by atoms with Crippen LogP contribution in [0.3, 0.4) is 0 Å². The smallest absolute Gasteiger partial charge is 0.0851 e. The predicted molar refractivity (Wildman–Crippen MR) is 69.9 cm³/mol. The number of aliphatic imine (C=N–C) groups is 1. The highest BCUT2D eigenvalue weighted by molar-refractivity contribution is 6.21. The molecule has 0 spiro atoms. The molecule has 0 saturated carbocycles. The lowest BCUT2D eigenvalue weighted by atomic mass is 10.2. The normalized spacial score (nSPS) is 15.3. The Morgan fingerprint density at radius 1 is 1.60 bits per heavy atom. The van der Waals surface area contributed by atoms with E-state index >= 15 is 0 Å². The van der Waals surface area contributed by atoms with Gasteiger partial charge in [0.05, 0.1) is 11.7 Å². The SMILES string of the molecule is C=C(C)CC(Cl)CN(C)C=NC(C)CC. The zero-order valence-corrected chi connectivity index (χ0v) is 11.1. The lowest BCUT2D eigenvalue weighted by molar-refractivity contribution is 0.500. The van der Waals surface area contributed by atoms with Gasteiger partial charge in [-0.2, -0.15) is 0 Å². The summed E-state index contributed by atoms with van der Waals surface area (Å²) < 4.78 is 0. The molecule has 0 aromatic carbocycles. The molecule has 3 heteroatoms. The van der Waals surface area contributed by atoms with E-state index < -0.39 is 0 Å². The molecule has 0 aliphatic rings. The second kappa shape index (κ2) is 7.75. The molecule has 88 valence electrons. The average molecular weight is 231 g/mol. The lowest BCUT2D eigenvalue weighted by Crippen LogP contribution is -2.25. The largest absolute Gasteiger partial charge is 0.365 e. The Balaban J connectivity index is 3.86. The fourth-order valence-corrected chi connectivity index (χ4v) is 1.62. The Kier molecular flexibility index (Phi) is 7.49. The third-order valence-corrected chi connectivity index (χ3v) is 2.46. The van der Waals surface area contributed by atoms with E-state index in [0.29, 0.717) is 6.04 Å². The van der Waals surface area contributed by atoms with Crippen LogP contribution in [0.1, 0.15) is 33.6 Å². The Labute approximate surface area is 99.0 Å². The van der Waals surface area contributed by atoms with Crippen LogP contribution in [0.15, 0.2) is 17.1 Å². The zero-order valence-electron chi connectivity index (χ0n) is 10.3. The van der Waals surface area contributed by atoms with Crippen molar-refractivity contribution in [3.63, 3.8) is 0 Å². The number of rotatable bonds is 7. The molecule has 0 aliphatic heterocycles. The summed E-state index contributed by atoms with van der Waals surface area (Å²) in [6, 6.07) is 0.391. The Hall–Kier alpha value is -0.500. The lowest BCUT2D eigenvalue weighted by Gasteiger charge is -2.18. The van der Waals surface area contributed by atoms with Gasteiger partial charge in [-0.15, -0.1) is 18.2 Å². The summed E-state index contributed by atoms with van der Waals surface area (Å²) in [5.74, 6) is 0. The van der Waals surface area contributed by atoms with Crippen molar-refractivity contribution in [2.45, 2.75) is 45.0 Å².